The van der Waals surface area contributed by atoms with Crippen LogP contribution in [0.15, 0.2) is 12.3 Å². The Morgan fingerprint density at radius 1 is 1.58 bits per heavy atom. The second kappa shape index (κ2) is 5.44. The third-order valence-corrected chi connectivity index (χ3v) is 3.64. The van der Waals surface area contributed by atoms with Gasteiger partial charge in [0, 0.05) is 12.6 Å². The van der Waals surface area contributed by atoms with Crippen molar-refractivity contribution in [3.8, 4) is 0 Å². The van der Waals surface area contributed by atoms with Crippen LogP contribution in [0.3, 0.4) is 0 Å². The van der Waals surface area contributed by atoms with E-state index < -0.39 is 5.91 Å². The third kappa shape index (κ3) is 3.14. The fraction of sp³-hybridized carbons (Fsp3) is 0.538. The number of aromatic nitrogens is 1. The van der Waals surface area contributed by atoms with E-state index in [1.165, 1.54) is 6.07 Å². The first-order valence-corrected chi connectivity index (χ1v) is 6.47. The lowest BCUT2D eigenvalue weighted by Crippen LogP contribution is -2.43. The minimum absolute atomic E-state index is 0.302. The van der Waals surface area contributed by atoms with E-state index in [0.29, 0.717) is 29.0 Å². The lowest BCUT2D eigenvalue weighted by molar-refractivity contribution is 0.100. The predicted molar refractivity (Wildman–Crippen MR) is 75.9 cm³/mol. The van der Waals surface area contributed by atoms with E-state index in [4.69, 9.17) is 11.5 Å². The molecule has 2 rings (SSSR count). The van der Waals surface area contributed by atoms with Crippen LogP contribution in [0.2, 0.25) is 0 Å². The van der Waals surface area contributed by atoms with Crippen molar-refractivity contribution >= 4 is 17.4 Å². The van der Waals surface area contributed by atoms with Crippen molar-refractivity contribution in [2.45, 2.75) is 19.4 Å². The van der Waals surface area contributed by atoms with Crippen LogP contribution in [-0.4, -0.2) is 42.0 Å². The Bertz CT molecular complexity index is 476. The number of carbonyl (C=O) groups is 1. The number of carbonyl (C=O) groups excluding carboxylic acids is 1. The molecule has 1 aliphatic heterocycles. The van der Waals surface area contributed by atoms with E-state index in [2.05, 4.69) is 29.2 Å². The largest absolute Gasteiger partial charge is 0.384 e. The predicted octanol–water partition coefficient (Wildman–Crippen LogP) is 0.515. The number of nitrogens with one attached hydrogen (secondary N) is 1. The van der Waals surface area contributed by atoms with Crippen molar-refractivity contribution in [2.24, 2.45) is 11.7 Å². The molecule has 1 aromatic heterocycles. The molecule has 1 amide bonds. The molecule has 0 spiro atoms. The quantitative estimate of drug-likeness (QED) is 0.738. The summed E-state index contributed by atoms with van der Waals surface area (Å²) < 4.78 is 0. The number of rotatable bonds is 3. The highest BCUT2D eigenvalue weighted by atomic mass is 16.1. The highest BCUT2D eigenvalue weighted by molar-refractivity contribution is 5.99. The molecule has 1 aromatic rings. The van der Waals surface area contributed by atoms with Crippen LogP contribution in [-0.2, 0) is 0 Å². The molecule has 1 aliphatic rings. The Morgan fingerprint density at radius 3 is 2.95 bits per heavy atom. The van der Waals surface area contributed by atoms with Gasteiger partial charge in [0.05, 0.1) is 17.4 Å². The Morgan fingerprint density at radius 2 is 2.32 bits per heavy atom. The summed E-state index contributed by atoms with van der Waals surface area (Å²) in [5.41, 5.74) is 12.0. The maximum absolute atomic E-state index is 11.4. The van der Waals surface area contributed by atoms with Crippen LogP contribution in [0.4, 0.5) is 11.5 Å². The molecule has 2 atom stereocenters. The van der Waals surface area contributed by atoms with Gasteiger partial charge in [0.25, 0.3) is 5.91 Å². The van der Waals surface area contributed by atoms with Gasteiger partial charge in [0.15, 0.2) is 0 Å². The van der Waals surface area contributed by atoms with Gasteiger partial charge in [0.2, 0.25) is 0 Å². The van der Waals surface area contributed by atoms with E-state index in [1.807, 2.05) is 0 Å². The normalized spacial score (nSPS) is 24.1. The SMILES string of the molecule is CC1CN(C)CCC1Nc1cnc(N)cc1C(N)=O. The van der Waals surface area contributed by atoms with Crippen molar-refractivity contribution in [2.75, 3.05) is 31.2 Å². The van der Waals surface area contributed by atoms with Gasteiger partial charge in [-0.1, -0.05) is 6.92 Å². The van der Waals surface area contributed by atoms with E-state index in [0.717, 1.165) is 19.5 Å². The second-order valence-electron chi connectivity index (χ2n) is 5.30. The Kier molecular flexibility index (Phi) is 3.90. The molecular formula is C13H21N5O. The molecule has 6 nitrogen and oxygen atoms in total. The number of nitrogens with zero attached hydrogens (tertiary/aromatic N) is 2. The highest BCUT2D eigenvalue weighted by Gasteiger charge is 2.25. The molecule has 2 unspecified atom stereocenters. The van der Waals surface area contributed by atoms with Crippen LogP contribution in [0.5, 0.6) is 0 Å². The van der Waals surface area contributed by atoms with E-state index >= 15 is 0 Å². The fourth-order valence-corrected chi connectivity index (χ4v) is 2.56. The fourth-order valence-electron chi connectivity index (χ4n) is 2.56. The molecule has 1 fully saturated rings. The van der Waals surface area contributed by atoms with Crippen molar-refractivity contribution in [1.82, 2.24) is 9.88 Å². The smallest absolute Gasteiger partial charge is 0.250 e. The standard InChI is InChI=1S/C13H21N5O/c1-8-7-18(2)4-3-10(8)17-11-6-16-12(14)5-9(11)13(15)19/h5-6,8,10,17H,3-4,7H2,1-2H3,(H2,14,16)(H2,15,19). The summed E-state index contributed by atoms with van der Waals surface area (Å²) in [7, 11) is 2.12. The summed E-state index contributed by atoms with van der Waals surface area (Å²) in [6.07, 6.45) is 2.61. The zero-order valence-corrected chi connectivity index (χ0v) is 11.4. The van der Waals surface area contributed by atoms with Crippen LogP contribution in [0.1, 0.15) is 23.7 Å². The van der Waals surface area contributed by atoms with E-state index in [9.17, 15) is 4.79 Å². The Labute approximate surface area is 113 Å². The highest BCUT2D eigenvalue weighted by Crippen LogP contribution is 2.23. The number of primary amides is 1. The first-order chi connectivity index (χ1) is 8.97. The topological polar surface area (TPSA) is 97.3 Å². The van der Waals surface area contributed by atoms with Crippen LogP contribution in [0, 0.1) is 5.92 Å². The zero-order chi connectivity index (χ0) is 14.0. The van der Waals surface area contributed by atoms with Crippen LogP contribution < -0.4 is 16.8 Å². The summed E-state index contributed by atoms with van der Waals surface area (Å²) in [5.74, 6) is 0.310. The maximum atomic E-state index is 11.4. The van der Waals surface area contributed by atoms with E-state index in [-0.39, 0.29) is 0 Å². The first kappa shape index (κ1) is 13.6. The van der Waals surface area contributed by atoms with Gasteiger partial charge in [-0.3, -0.25) is 4.79 Å². The number of hydrogen-bond donors (Lipinski definition) is 3. The van der Waals surface area contributed by atoms with Crippen molar-refractivity contribution in [3.05, 3.63) is 17.8 Å². The molecule has 0 bridgehead atoms. The minimum Gasteiger partial charge on any atom is -0.384 e. The summed E-state index contributed by atoms with van der Waals surface area (Å²) >= 11 is 0. The number of nitrogen functional groups attached to an aromatic ring is 1. The van der Waals surface area contributed by atoms with Gasteiger partial charge >= 0.3 is 0 Å². The van der Waals surface area contributed by atoms with Gasteiger partial charge in [-0.15, -0.1) is 0 Å². The van der Waals surface area contributed by atoms with E-state index in [1.54, 1.807) is 6.20 Å². The number of nitrogens with two attached hydrogens (primary N) is 2. The summed E-state index contributed by atoms with van der Waals surface area (Å²) in [6, 6.07) is 1.84. The van der Waals surface area contributed by atoms with Crippen LogP contribution >= 0.6 is 0 Å². The maximum Gasteiger partial charge on any atom is 0.250 e. The molecule has 0 aliphatic carbocycles. The van der Waals surface area contributed by atoms with Crippen molar-refractivity contribution in [1.29, 1.82) is 0 Å². The number of pyridine rings is 1. The second-order valence-corrected chi connectivity index (χ2v) is 5.30. The average molecular weight is 263 g/mol. The number of anilines is 2. The summed E-state index contributed by atoms with van der Waals surface area (Å²) in [6.45, 7) is 4.27. The lowest BCUT2D eigenvalue weighted by Gasteiger charge is -2.36. The summed E-state index contributed by atoms with van der Waals surface area (Å²) in [4.78, 5) is 17.8. The lowest BCUT2D eigenvalue weighted by atomic mass is 9.94. The zero-order valence-electron chi connectivity index (χ0n) is 11.4. The van der Waals surface area contributed by atoms with Gasteiger partial charge in [0.1, 0.15) is 5.82 Å². The Hall–Kier alpha value is -1.82. The molecule has 6 heteroatoms. The minimum atomic E-state index is -0.489. The summed E-state index contributed by atoms with van der Waals surface area (Å²) in [5, 5.41) is 3.38. The number of amides is 1. The van der Waals surface area contributed by atoms with Crippen molar-refractivity contribution in [3.63, 3.8) is 0 Å². The molecule has 0 aromatic carbocycles. The van der Waals surface area contributed by atoms with Gasteiger partial charge in [-0.05, 0) is 32.0 Å². The average Bonchev–Trinajstić information content (AvgIpc) is 2.34. The van der Waals surface area contributed by atoms with Crippen LogP contribution in [0.25, 0.3) is 0 Å². The van der Waals surface area contributed by atoms with Gasteiger partial charge < -0.3 is 21.7 Å². The Balaban J connectivity index is 2.17. The molecule has 0 saturated carbocycles. The molecule has 0 radical (unpaired) electrons. The molecule has 19 heavy (non-hydrogen) atoms. The first-order valence-electron chi connectivity index (χ1n) is 6.47. The van der Waals surface area contributed by atoms with Crippen molar-refractivity contribution < 1.29 is 4.79 Å². The monoisotopic (exact) mass is 263 g/mol. The molecule has 5 N–H and O–H groups in total. The molecule has 104 valence electrons. The molecule has 1 saturated heterocycles. The van der Waals surface area contributed by atoms with Gasteiger partial charge in [-0.25, -0.2) is 4.98 Å². The molecular weight excluding hydrogens is 242 g/mol. The molecule has 2 heterocycles. The number of piperidine rings is 1. The number of likely N-dealkylation sites (tertiary alicyclic amines) is 1. The third-order valence-electron chi connectivity index (χ3n) is 3.64. The number of hydrogen-bond acceptors (Lipinski definition) is 5. The van der Waals surface area contributed by atoms with Gasteiger partial charge in [-0.2, -0.15) is 0 Å².